The Bertz CT molecular complexity index is 1490. The zero-order chi connectivity index (χ0) is 27.3. The minimum Gasteiger partial charge on any atom is -0.497 e. The van der Waals surface area contributed by atoms with Crippen molar-refractivity contribution in [3.8, 4) is 5.75 Å². The van der Waals surface area contributed by atoms with Crippen molar-refractivity contribution in [3.05, 3.63) is 83.9 Å². The molecule has 0 aliphatic carbocycles. The number of hydrogen-bond acceptors (Lipinski definition) is 7. The van der Waals surface area contributed by atoms with Gasteiger partial charge in [-0.05, 0) is 75.1 Å². The van der Waals surface area contributed by atoms with E-state index in [0.717, 1.165) is 34.5 Å². The third-order valence-electron chi connectivity index (χ3n) is 6.10. The highest BCUT2D eigenvalue weighted by molar-refractivity contribution is 7.89. The number of hydrogen-bond donors (Lipinski definition) is 0. The van der Waals surface area contributed by atoms with Crippen LogP contribution in [0.2, 0.25) is 0 Å². The number of thiazole rings is 1. The molecule has 4 rings (SSSR count). The van der Waals surface area contributed by atoms with E-state index in [-0.39, 0.29) is 17.3 Å². The van der Waals surface area contributed by atoms with E-state index in [9.17, 15) is 13.2 Å². The van der Waals surface area contributed by atoms with E-state index in [0.29, 0.717) is 17.2 Å². The van der Waals surface area contributed by atoms with Gasteiger partial charge in [-0.15, -0.1) is 0 Å². The van der Waals surface area contributed by atoms with E-state index in [1.54, 1.807) is 31.2 Å². The van der Waals surface area contributed by atoms with Gasteiger partial charge in [0.05, 0.1) is 22.2 Å². The van der Waals surface area contributed by atoms with Gasteiger partial charge in [-0.3, -0.25) is 9.69 Å². The number of amides is 1. The lowest BCUT2D eigenvalue weighted by molar-refractivity contribution is 0.0986. The van der Waals surface area contributed by atoms with E-state index in [2.05, 4.69) is 4.90 Å². The summed E-state index contributed by atoms with van der Waals surface area (Å²) in [5, 5.41) is 0.594. The second-order valence-corrected chi connectivity index (χ2v) is 12.3. The Labute approximate surface area is 228 Å². The van der Waals surface area contributed by atoms with Crippen LogP contribution in [0.1, 0.15) is 22.3 Å². The molecule has 38 heavy (non-hydrogen) atoms. The second kappa shape index (κ2) is 12.0. The molecule has 0 fully saturated rings. The molecule has 8 nitrogen and oxygen atoms in total. The Morgan fingerprint density at radius 1 is 0.947 bits per heavy atom. The molecule has 1 amide bonds. The van der Waals surface area contributed by atoms with Crippen molar-refractivity contribution >= 4 is 42.6 Å². The van der Waals surface area contributed by atoms with Crippen LogP contribution in [0.5, 0.6) is 5.75 Å². The highest BCUT2D eigenvalue weighted by Gasteiger charge is 2.24. The fourth-order valence-corrected chi connectivity index (χ4v) is 6.17. The average Bonchev–Trinajstić information content (AvgIpc) is 3.34. The predicted octanol–water partition coefficient (Wildman–Crippen LogP) is 4.72. The zero-order valence-corrected chi connectivity index (χ0v) is 23.6. The highest BCUT2D eigenvalue weighted by Crippen LogP contribution is 2.32. The van der Waals surface area contributed by atoms with Crippen LogP contribution in [0.4, 0.5) is 5.13 Å². The van der Waals surface area contributed by atoms with Crippen LogP contribution in [-0.4, -0.2) is 69.9 Å². The number of fused-ring (bicyclic) bond motifs is 1. The second-order valence-electron chi connectivity index (χ2n) is 9.21. The number of sulfonamides is 1. The largest absolute Gasteiger partial charge is 0.497 e. The molecule has 0 unspecified atom stereocenters. The normalized spacial score (nSPS) is 11.8. The van der Waals surface area contributed by atoms with Gasteiger partial charge in [-0.1, -0.05) is 41.7 Å². The van der Waals surface area contributed by atoms with Gasteiger partial charge in [0.15, 0.2) is 5.13 Å². The number of benzene rings is 3. The summed E-state index contributed by atoms with van der Waals surface area (Å²) in [4.78, 5) is 22.2. The molecule has 4 aromatic rings. The van der Waals surface area contributed by atoms with E-state index in [1.807, 2.05) is 62.6 Å². The SMILES string of the molecule is COc1ccc2nc(N(CCCN(C)C)C(=O)c3ccc(S(=O)(=O)N(C)Cc4ccccc4)cc3)sc2c1. The number of ether oxygens (including phenoxy) is 1. The highest BCUT2D eigenvalue weighted by atomic mass is 32.2. The number of nitrogens with zero attached hydrogens (tertiary/aromatic N) is 4. The topological polar surface area (TPSA) is 83.0 Å². The molecular formula is C28H32N4O4S2. The van der Waals surface area contributed by atoms with Crippen LogP contribution in [0, 0.1) is 0 Å². The van der Waals surface area contributed by atoms with E-state index < -0.39 is 10.0 Å². The van der Waals surface area contributed by atoms with E-state index >= 15 is 0 Å². The summed E-state index contributed by atoms with van der Waals surface area (Å²) < 4.78 is 33.8. The fraction of sp³-hybridized carbons (Fsp3) is 0.286. The van der Waals surface area contributed by atoms with Crippen molar-refractivity contribution in [2.75, 3.05) is 46.2 Å². The third-order valence-corrected chi connectivity index (χ3v) is 8.96. The van der Waals surface area contributed by atoms with Crippen molar-refractivity contribution in [1.29, 1.82) is 0 Å². The van der Waals surface area contributed by atoms with Crippen LogP contribution in [0.3, 0.4) is 0 Å². The van der Waals surface area contributed by atoms with Crippen LogP contribution >= 0.6 is 11.3 Å². The molecule has 0 aliphatic heterocycles. The van der Waals surface area contributed by atoms with Crippen LogP contribution in [-0.2, 0) is 16.6 Å². The number of carbonyl (C=O) groups is 1. The Morgan fingerprint density at radius 2 is 1.66 bits per heavy atom. The van der Waals surface area contributed by atoms with Gasteiger partial charge >= 0.3 is 0 Å². The quantitative estimate of drug-likeness (QED) is 0.268. The van der Waals surface area contributed by atoms with Crippen molar-refractivity contribution < 1.29 is 17.9 Å². The molecule has 0 spiro atoms. The molecular weight excluding hydrogens is 520 g/mol. The minimum absolute atomic E-state index is 0.138. The molecule has 0 bridgehead atoms. The summed E-state index contributed by atoms with van der Waals surface area (Å²) in [5.41, 5.74) is 2.09. The maximum Gasteiger partial charge on any atom is 0.260 e. The van der Waals surface area contributed by atoms with E-state index in [1.165, 1.54) is 27.8 Å². The van der Waals surface area contributed by atoms with Crippen molar-refractivity contribution in [2.24, 2.45) is 0 Å². The predicted molar refractivity (Wildman–Crippen MR) is 153 cm³/mol. The summed E-state index contributed by atoms with van der Waals surface area (Å²) in [6, 6.07) is 21.2. The van der Waals surface area contributed by atoms with Crippen LogP contribution < -0.4 is 9.64 Å². The summed E-state index contributed by atoms with van der Waals surface area (Å²) >= 11 is 1.43. The first-order chi connectivity index (χ1) is 18.2. The Hall–Kier alpha value is -3.31. The summed E-state index contributed by atoms with van der Waals surface area (Å²) in [5.74, 6) is 0.503. The van der Waals surface area contributed by atoms with Gasteiger partial charge in [0, 0.05) is 25.7 Å². The Balaban J connectivity index is 1.58. The molecule has 0 atom stereocenters. The molecule has 3 aromatic carbocycles. The van der Waals surface area contributed by atoms with Gasteiger partial charge in [0.25, 0.3) is 5.91 Å². The molecule has 10 heteroatoms. The number of rotatable bonds is 11. The molecule has 0 aliphatic rings. The number of methoxy groups -OCH3 is 1. The molecule has 0 saturated carbocycles. The van der Waals surface area contributed by atoms with E-state index in [4.69, 9.17) is 9.72 Å². The first kappa shape index (κ1) is 27.7. The summed E-state index contributed by atoms with van der Waals surface area (Å²) in [6.07, 6.45) is 0.759. The standard InChI is InChI=1S/C28H32N4O4S2/c1-30(2)17-8-18-32(28-29-25-16-13-23(36-4)19-26(25)37-28)27(33)22-11-14-24(15-12-22)38(34,35)31(3)20-21-9-6-5-7-10-21/h5-7,9-16,19H,8,17-18,20H2,1-4H3. The van der Waals surface area contributed by atoms with Crippen LogP contribution in [0.15, 0.2) is 77.7 Å². The lowest BCUT2D eigenvalue weighted by Crippen LogP contribution is -2.33. The smallest absolute Gasteiger partial charge is 0.260 e. The third kappa shape index (κ3) is 6.39. The van der Waals surface area contributed by atoms with Gasteiger partial charge in [0.1, 0.15) is 5.75 Å². The lowest BCUT2D eigenvalue weighted by atomic mass is 10.2. The Morgan fingerprint density at radius 3 is 2.32 bits per heavy atom. The zero-order valence-electron chi connectivity index (χ0n) is 22.0. The van der Waals surface area contributed by atoms with Gasteiger partial charge < -0.3 is 9.64 Å². The molecule has 1 heterocycles. The summed E-state index contributed by atoms with van der Waals surface area (Å²) in [6.45, 7) is 1.55. The molecule has 0 N–H and O–H groups in total. The van der Waals surface area contributed by atoms with Crippen LogP contribution in [0.25, 0.3) is 10.2 Å². The van der Waals surface area contributed by atoms with Gasteiger partial charge in [0.2, 0.25) is 10.0 Å². The van der Waals surface area contributed by atoms with Crippen molar-refractivity contribution in [1.82, 2.24) is 14.2 Å². The minimum atomic E-state index is -3.72. The van der Waals surface area contributed by atoms with Crippen molar-refractivity contribution in [2.45, 2.75) is 17.9 Å². The maximum absolute atomic E-state index is 13.7. The maximum atomic E-state index is 13.7. The Kier molecular flexibility index (Phi) is 8.78. The van der Waals surface area contributed by atoms with Gasteiger partial charge in [-0.25, -0.2) is 13.4 Å². The van der Waals surface area contributed by atoms with Crippen molar-refractivity contribution in [3.63, 3.8) is 0 Å². The first-order valence-electron chi connectivity index (χ1n) is 12.2. The number of anilines is 1. The number of aromatic nitrogens is 1. The average molecular weight is 553 g/mol. The first-order valence-corrected chi connectivity index (χ1v) is 14.5. The molecule has 1 aromatic heterocycles. The number of carbonyl (C=O) groups excluding carboxylic acids is 1. The fourth-order valence-electron chi connectivity index (χ4n) is 4.00. The lowest BCUT2D eigenvalue weighted by Gasteiger charge is -2.21. The summed E-state index contributed by atoms with van der Waals surface area (Å²) in [7, 11) is 3.43. The molecule has 200 valence electrons. The van der Waals surface area contributed by atoms with Gasteiger partial charge in [-0.2, -0.15) is 4.31 Å². The monoisotopic (exact) mass is 552 g/mol. The molecule has 0 radical (unpaired) electrons. The molecule has 0 saturated heterocycles.